The molecule has 1 aliphatic rings. The molecule has 58 valence electrons. The topological polar surface area (TPSA) is 29.1 Å². The maximum Gasteiger partial charge on any atom is 0.138 e. The van der Waals surface area contributed by atoms with Crippen LogP contribution in [0.1, 0.15) is 20.3 Å². The molecule has 0 aromatic heterocycles. The highest BCUT2D eigenvalue weighted by Gasteiger charge is 2.24. The van der Waals surface area contributed by atoms with Crippen molar-refractivity contribution in [2.45, 2.75) is 20.3 Å². The van der Waals surface area contributed by atoms with Gasteiger partial charge in [-0.05, 0) is 5.92 Å². The second kappa shape index (κ2) is 3.15. The molecule has 1 N–H and O–H groups in total. The molecule has 0 aromatic carbocycles. The van der Waals surface area contributed by atoms with Crippen molar-refractivity contribution < 1.29 is 4.79 Å². The number of carbonyl (C=O) groups is 1. The summed E-state index contributed by atoms with van der Waals surface area (Å²) in [5.41, 5.74) is 0. The van der Waals surface area contributed by atoms with Crippen LogP contribution in [0.4, 0.5) is 0 Å². The molecule has 0 unspecified atom stereocenters. The molecule has 0 bridgehead atoms. The Labute approximate surface area is 62.0 Å². The third kappa shape index (κ3) is 1.57. The van der Waals surface area contributed by atoms with Crippen LogP contribution >= 0.6 is 0 Å². The van der Waals surface area contributed by atoms with Gasteiger partial charge in [-0.3, -0.25) is 4.79 Å². The smallest absolute Gasteiger partial charge is 0.138 e. The lowest BCUT2D eigenvalue weighted by atomic mass is 9.88. The average Bonchev–Trinajstić information content (AvgIpc) is 1.88. The Bertz CT molecular complexity index is 131. The van der Waals surface area contributed by atoms with Gasteiger partial charge in [-0.2, -0.15) is 0 Å². The van der Waals surface area contributed by atoms with Crippen molar-refractivity contribution in [2.75, 3.05) is 13.1 Å². The fourth-order valence-corrected chi connectivity index (χ4v) is 1.38. The molecule has 0 aromatic rings. The molecule has 2 heteroatoms. The normalized spacial score (nSPS) is 27.5. The van der Waals surface area contributed by atoms with Gasteiger partial charge in [0.2, 0.25) is 0 Å². The van der Waals surface area contributed by atoms with E-state index < -0.39 is 0 Å². The highest BCUT2D eigenvalue weighted by Crippen LogP contribution is 2.15. The number of Topliss-reactive ketones (excluding diaryl/α,β-unsaturated/α-hetero) is 1. The summed E-state index contributed by atoms with van der Waals surface area (Å²) in [7, 11) is 0. The molecule has 0 radical (unpaired) electrons. The van der Waals surface area contributed by atoms with Crippen LogP contribution in [0.3, 0.4) is 0 Å². The zero-order valence-corrected chi connectivity index (χ0v) is 6.68. The van der Waals surface area contributed by atoms with Gasteiger partial charge in [0.05, 0.1) is 0 Å². The first-order chi connectivity index (χ1) is 4.72. The zero-order chi connectivity index (χ0) is 7.56. The van der Waals surface area contributed by atoms with Gasteiger partial charge in [0.1, 0.15) is 5.78 Å². The minimum Gasteiger partial charge on any atom is -0.316 e. The molecule has 1 heterocycles. The highest BCUT2D eigenvalue weighted by atomic mass is 16.1. The second-order valence-corrected chi connectivity index (χ2v) is 3.27. The molecule has 1 fully saturated rings. The molecule has 0 aliphatic carbocycles. The third-order valence-electron chi connectivity index (χ3n) is 2.13. The van der Waals surface area contributed by atoms with E-state index in [1.807, 2.05) is 0 Å². The van der Waals surface area contributed by atoms with Crippen molar-refractivity contribution in [3.63, 3.8) is 0 Å². The number of carbonyl (C=O) groups excluding carboxylic acids is 1. The first-order valence-corrected chi connectivity index (χ1v) is 3.95. The zero-order valence-electron chi connectivity index (χ0n) is 6.68. The molecule has 10 heavy (non-hydrogen) atoms. The van der Waals surface area contributed by atoms with E-state index in [2.05, 4.69) is 19.2 Å². The van der Waals surface area contributed by atoms with Crippen molar-refractivity contribution >= 4 is 5.78 Å². The fourth-order valence-electron chi connectivity index (χ4n) is 1.38. The summed E-state index contributed by atoms with van der Waals surface area (Å²) < 4.78 is 0. The molecular weight excluding hydrogens is 126 g/mol. The van der Waals surface area contributed by atoms with Crippen LogP contribution in [0.15, 0.2) is 0 Å². The second-order valence-electron chi connectivity index (χ2n) is 3.27. The lowest BCUT2D eigenvalue weighted by molar-refractivity contribution is -0.125. The van der Waals surface area contributed by atoms with Gasteiger partial charge in [-0.25, -0.2) is 0 Å². The summed E-state index contributed by atoms with van der Waals surface area (Å²) in [4.78, 5) is 11.2. The van der Waals surface area contributed by atoms with Gasteiger partial charge >= 0.3 is 0 Å². The molecular formula is C8H15NO. The molecule has 1 saturated heterocycles. The van der Waals surface area contributed by atoms with Crippen molar-refractivity contribution in [3.05, 3.63) is 0 Å². The average molecular weight is 141 g/mol. The third-order valence-corrected chi connectivity index (χ3v) is 2.13. The fraction of sp³-hybridized carbons (Fsp3) is 0.875. The number of piperidine rings is 1. The maximum absolute atomic E-state index is 11.2. The van der Waals surface area contributed by atoms with Crippen LogP contribution in [0, 0.1) is 11.8 Å². The summed E-state index contributed by atoms with van der Waals surface area (Å²) in [5, 5.41) is 3.23. The first kappa shape index (κ1) is 7.73. The molecule has 1 atom stereocenters. The minimum absolute atomic E-state index is 0.272. The predicted octanol–water partition coefficient (Wildman–Crippen LogP) is 0.821. The number of hydrogen-bond donors (Lipinski definition) is 1. The van der Waals surface area contributed by atoms with Gasteiger partial charge in [0.15, 0.2) is 0 Å². The predicted molar refractivity (Wildman–Crippen MR) is 40.8 cm³/mol. The largest absolute Gasteiger partial charge is 0.316 e. The van der Waals surface area contributed by atoms with E-state index >= 15 is 0 Å². The standard InChI is InChI=1S/C8H15NO/c1-6(2)7-5-9-4-3-8(7)10/h6-7,9H,3-5H2,1-2H3/t7-/m1/s1. The highest BCUT2D eigenvalue weighted by molar-refractivity contribution is 5.82. The van der Waals surface area contributed by atoms with E-state index in [1.54, 1.807) is 0 Å². The summed E-state index contributed by atoms with van der Waals surface area (Å²) >= 11 is 0. The Kier molecular flexibility index (Phi) is 2.44. The SMILES string of the molecule is CC(C)[C@H]1CNCCC1=O. The summed E-state index contributed by atoms with van der Waals surface area (Å²) in [6.07, 6.45) is 0.725. The Hall–Kier alpha value is -0.370. The van der Waals surface area contributed by atoms with Crippen molar-refractivity contribution in [2.24, 2.45) is 11.8 Å². The Morgan fingerprint density at radius 3 is 2.70 bits per heavy atom. The van der Waals surface area contributed by atoms with Crippen molar-refractivity contribution in [1.82, 2.24) is 5.32 Å². The van der Waals surface area contributed by atoms with Gasteiger partial charge in [-0.15, -0.1) is 0 Å². The van der Waals surface area contributed by atoms with Crippen molar-refractivity contribution in [3.8, 4) is 0 Å². The van der Waals surface area contributed by atoms with Crippen LogP contribution < -0.4 is 5.32 Å². The summed E-state index contributed by atoms with van der Waals surface area (Å²) in [6.45, 7) is 5.98. The van der Waals surface area contributed by atoms with Gasteiger partial charge < -0.3 is 5.32 Å². The van der Waals surface area contributed by atoms with Gasteiger partial charge in [0.25, 0.3) is 0 Å². The van der Waals surface area contributed by atoms with E-state index in [0.717, 1.165) is 19.5 Å². The molecule has 1 aliphatic heterocycles. The Morgan fingerprint density at radius 1 is 1.60 bits per heavy atom. The Balaban J connectivity index is 2.48. The monoisotopic (exact) mass is 141 g/mol. The van der Waals surface area contributed by atoms with Crippen molar-refractivity contribution in [1.29, 1.82) is 0 Å². The maximum atomic E-state index is 11.2. The lowest BCUT2D eigenvalue weighted by Gasteiger charge is -2.24. The van der Waals surface area contributed by atoms with E-state index in [4.69, 9.17) is 0 Å². The molecule has 2 nitrogen and oxygen atoms in total. The molecule has 0 saturated carbocycles. The summed E-state index contributed by atoms with van der Waals surface area (Å²) in [6, 6.07) is 0. The van der Waals surface area contributed by atoms with E-state index in [1.165, 1.54) is 0 Å². The first-order valence-electron chi connectivity index (χ1n) is 3.95. The van der Waals surface area contributed by atoms with E-state index in [9.17, 15) is 4.79 Å². The van der Waals surface area contributed by atoms with Crippen LogP contribution in [0.25, 0.3) is 0 Å². The summed E-state index contributed by atoms with van der Waals surface area (Å²) in [5.74, 6) is 1.21. The van der Waals surface area contributed by atoms with Crippen LogP contribution in [-0.4, -0.2) is 18.9 Å². The number of hydrogen-bond acceptors (Lipinski definition) is 2. The minimum atomic E-state index is 0.272. The molecule has 0 amide bonds. The van der Waals surface area contributed by atoms with Gasteiger partial charge in [0, 0.05) is 25.4 Å². The van der Waals surface area contributed by atoms with E-state index in [0.29, 0.717) is 11.7 Å². The number of nitrogens with one attached hydrogen (secondary N) is 1. The Morgan fingerprint density at radius 2 is 2.30 bits per heavy atom. The van der Waals surface area contributed by atoms with Crippen LogP contribution in [0.5, 0.6) is 0 Å². The van der Waals surface area contributed by atoms with Crippen LogP contribution in [-0.2, 0) is 4.79 Å². The lowest BCUT2D eigenvalue weighted by Crippen LogP contribution is -2.39. The molecule has 0 spiro atoms. The quantitative estimate of drug-likeness (QED) is 0.585. The van der Waals surface area contributed by atoms with Crippen LogP contribution in [0.2, 0.25) is 0 Å². The van der Waals surface area contributed by atoms with E-state index in [-0.39, 0.29) is 5.92 Å². The number of rotatable bonds is 1. The van der Waals surface area contributed by atoms with Gasteiger partial charge in [-0.1, -0.05) is 13.8 Å². The molecule has 1 rings (SSSR count). The number of ketones is 1.